The Morgan fingerprint density at radius 2 is 2.16 bits per heavy atom. The zero-order valence-electron chi connectivity index (χ0n) is 11.3. The maximum Gasteiger partial charge on any atom is 0.227 e. The Morgan fingerprint density at radius 3 is 2.84 bits per heavy atom. The number of ether oxygens (including phenoxy) is 1. The van der Waals surface area contributed by atoms with Crippen molar-refractivity contribution in [1.29, 1.82) is 0 Å². The van der Waals surface area contributed by atoms with Crippen molar-refractivity contribution in [1.82, 2.24) is 0 Å². The minimum absolute atomic E-state index is 0.141. The fraction of sp³-hybridized carbons (Fsp3) is 0.533. The van der Waals surface area contributed by atoms with Crippen molar-refractivity contribution in [2.75, 3.05) is 11.9 Å². The number of hydrogen-bond donors (Lipinski definition) is 2. The molecule has 1 aromatic carbocycles. The maximum absolute atomic E-state index is 11.9. The number of anilines is 1. The number of rotatable bonds is 5. The first-order chi connectivity index (χ1) is 9.11. The fourth-order valence-corrected chi connectivity index (χ4v) is 2.54. The second-order valence-corrected chi connectivity index (χ2v) is 5.12. The third kappa shape index (κ3) is 3.96. The molecule has 0 spiro atoms. The monoisotopic (exact) mass is 263 g/mol. The van der Waals surface area contributed by atoms with Gasteiger partial charge in [0.25, 0.3) is 0 Å². The van der Waals surface area contributed by atoms with E-state index >= 15 is 0 Å². The summed E-state index contributed by atoms with van der Waals surface area (Å²) in [4.78, 5) is 11.9. The standard InChI is InChI=1S/C15H21NO3/c1-2-19-13-7-5-6-12(10-13)16-14(17)11-15(18)8-3-4-9-15/h5-7,10,18H,2-4,8-9,11H2,1H3,(H,16,17). The first-order valence-corrected chi connectivity index (χ1v) is 6.86. The van der Waals surface area contributed by atoms with Crippen LogP contribution in [0.3, 0.4) is 0 Å². The van der Waals surface area contributed by atoms with Gasteiger partial charge in [0.15, 0.2) is 0 Å². The molecule has 4 nitrogen and oxygen atoms in total. The molecule has 1 amide bonds. The lowest BCUT2D eigenvalue weighted by Gasteiger charge is -2.21. The summed E-state index contributed by atoms with van der Waals surface area (Å²) in [7, 11) is 0. The third-order valence-electron chi connectivity index (χ3n) is 3.45. The van der Waals surface area contributed by atoms with Crippen molar-refractivity contribution in [3.8, 4) is 5.75 Å². The van der Waals surface area contributed by atoms with Gasteiger partial charge in [0, 0.05) is 11.8 Å². The zero-order valence-corrected chi connectivity index (χ0v) is 11.3. The summed E-state index contributed by atoms with van der Waals surface area (Å²) in [6.07, 6.45) is 3.62. The lowest BCUT2D eigenvalue weighted by molar-refractivity contribution is -0.120. The molecule has 104 valence electrons. The highest BCUT2D eigenvalue weighted by molar-refractivity contribution is 5.91. The summed E-state index contributed by atoms with van der Waals surface area (Å²) < 4.78 is 5.38. The molecule has 2 rings (SSSR count). The van der Waals surface area contributed by atoms with Gasteiger partial charge in [0.05, 0.1) is 18.6 Å². The van der Waals surface area contributed by atoms with E-state index < -0.39 is 5.60 Å². The zero-order chi connectivity index (χ0) is 13.7. The van der Waals surface area contributed by atoms with Gasteiger partial charge in [-0.15, -0.1) is 0 Å². The van der Waals surface area contributed by atoms with Crippen molar-refractivity contribution in [3.05, 3.63) is 24.3 Å². The van der Waals surface area contributed by atoms with Crippen LogP contribution >= 0.6 is 0 Å². The van der Waals surface area contributed by atoms with Gasteiger partial charge in [0.1, 0.15) is 5.75 Å². The molecule has 0 atom stereocenters. The first-order valence-electron chi connectivity index (χ1n) is 6.86. The van der Waals surface area contributed by atoms with E-state index in [-0.39, 0.29) is 12.3 Å². The first kappa shape index (κ1) is 13.9. The van der Waals surface area contributed by atoms with Crippen LogP contribution in [-0.2, 0) is 4.79 Å². The van der Waals surface area contributed by atoms with Gasteiger partial charge in [-0.3, -0.25) is 4.79 Å². The maximum atomic E-state index is 11.9. The molecule has 0 aliphatic heterocycles. The molecule has 0 saturated heterocycles. The Balaban J connectivity index is 1.93. The molecule has 0 unspecified atom stereocenters. The van der Waals surface area contributed by atoms with Crippen LogP contribution < -0.4 is 10.1 Å². The van der Waals surface area contributed by atoms with E-state index in [2.05, 4.69) is 5.32 Å². The largest absolute Gasteiger partial charge is 0.494 e. The highest BCUT2D eigenvalue weighted by atomic mass is 16.5. The lowest BCUT2D eigenvalue weighted by atomic mass is 9.97. The number of benzene rings is 1. The van der Waals surface area contributed by atoms with Gasteiger partial charge in [-0.2, -0.15) is 0 Å². The normalized spacial score (nSPS) is 17.2. The molecule has 1 aliphatic carbocycles. The Labute approximate surface area is 113 Å². The second-order valence-electron chi connectivity index (χ2n) is 5.12. The predicted octanol–water partition coefficient (Wildman–Crippen LogP) is 2.72. The summed E-state index contributed by atoms with van der Waals surface area (Å²) in [5, 5.41) is 13.0. The van der Waals surface area contributed by atoms with E-state index in [1.54, 1.807) is 6.07 Å². The summed E-state index contributed by atoms with van der Waals surface area (Å²) in [5.74, 6) is 0.595. The molecule has 1 fully saturated rings. The Hall–Kier alpha value is -1.55. The van der Waals surface area contributed by atoms with Crippen LogP contribution in [0.25, 0.3) is 0 Å². The van der Waals surface area contributed by atoms with Crippen LogP contribution in [0, 0.1) is 0 Å². The van der Waals surface area contributed by atoms with Crippen LogP contribution in [0.4, 0.5) is 5.69 Å². The smallest absolute Gasteiger partial charge is 0.227 e. The Morgan fingerprint density at radius 1 is 1.42 bits per heavy atom. The van der Waals surface area contributed by atoms with Gasteiger partial charge < -0.3 is 15.2 Å². The minimum atomic E-state index is -0.804. The number of carbonyl (C=O) groups excluding carboxylic acids is 1. The predicted molar refractivity (Wildman–Crippen MR) is 74.3 cm³/mol. The number of nitrogens with one attached hydrogen (secondary N) is 1. The van der Waals surface area contributed by atoms with E-state index in [1.165, 1.54) is 0 Å². The SMILES string of the molecule is CCOc1cccc(NC(=O)CC2(O)CCCC2)c1. The summed E-state index contributed by atoms with van der Waals surface area (Å²) >= 11 is 0. The molecule has 0 heterocycles. The molecule has 0 aromatic heterocycles. The molecule has 1 aromatic rings. The molecule has 1 aliphatic rings. The summed E-state index contributed by atoms with van der Waals surface area (Å²) in [6.45, 7) is 2.51. The number of amides is 1. The fourth-order valence-electron chi connectivity index (χ4n) is 2.54. The van der Waals surface area contributed by atoms with Gasteiger partial charge in [-0.05, 0) is 31.9 Å². The van der Waals surface area contributed by atoms with Crippen LogP contribution in [0.5, 0.6) is 5.75 Å². The molecule has 0 bridgehead atoms. The molecule has 2 N–H and O–H groups in total. The Bertz CT molecular complexity index is 439. The molecule has 0 radical (unpaired) electrons. The van der Waals surface area contributed by atoms with E-state index in [9.17, 15) is 9.90 Å². The van der Waals surface area contributed by atoms with E-state index in [0.717, 1.165) is 31.4 Å². The average molecular weight is 263 g/mol. The molecule has 1 saturated carbocycles. The highest BCUT2D eigenvalue weighted by Crippen LogP contribution is 2.32. The van der Waals surface area contributed by atoms with Crippen molar-refractivity contribution >= 4 is 11.6 Å². The summed E-state index contributed by atoms with van der Waals surface area (Å²) in [6, 6.07) is 7.30. The summed E-state index contributed by atoms with van der Waals surface area (Å²) in [5.41, 5.74) is -0.0979. The van der Waals surface area contributed by atoms with Crippen molar-refractivity contribution < 1.29 is 14.6 Å². The average Bonchev–Trinajstić information content (AvgIpc) is 2.76. The van der Waals surface area contributed by atoms with Crippen LogP contribution in [0.15, 0.2) is 24.3 Å². The molecular formula is C15H21NO3. The van der Waals surface area contributed by atoms with Crippen molar-refractivity contribution in [3.63, 3.8) is 0 Å². The number of aliphatic hydroxyl groups is 1. The van der Waals surface area contributed by atoms with E-state index in [0.29, 0.717) is 12.3 Å². The molecular weight excluding hydrogens is 242 g/mol. The topological polar surface area (TPSA) is 58.6 Å². The number of hydrogen-bond acceptors (Lipinski definition) is 3. The van der Waals surface area contributed by atoms with Gasteiger partial charge in [-0.25, -0.2) is 0 Å². The highest BCUT2D eigenvalue weighted by Gasteiger charge is 2.33. The quantitative estimate of drug-likeness (QED) is 0.858. The van der Waals surface area contributed by atoms with Crippen molar-refractivity contribution in [2.24, 2.45) is 0 Å². The van der Waals surface area contributed by atoms with E-state index in [4.69, 9.17) is 4.74 Å². The van der Waals surface area contributed by atoms with Crippen LogP contribution in [-0.4, -0.2) is 23.2 Å². The van der Waals surface area contributed by atoms with Gasteiger partial charge >= 0.3 is 0 Å². The number of carbonyl (C=O) groups is 1. The minimum Gasteiger partial charge on any atom is -0.494 e. The molecule has 4 heteroatoms. The van der Waals surface area contributed by atoms with Crippen LogP contribution in [0.2, 0.25) is 0 Å². The second kappa shape index (κ2) is 6.06. The van der Waals surface area contributed by atoms with Gasteiger partial charge in [-0.1, -0.05) is 18.9 Å². The molecule has 19 heavy (non-hydrogen) atoms. The third-order valence-corrected chi connectivity index (χ3v) is 3.45. The van der Waals surface area contributed by atoms with Gasteiger partial charge in [0.2, 0.25) is 5.91 Å². The van der Waals surface area contributed by atoms with Crippen LogP contribution in [0.1, 0.15) is 39.0 Å². The Kier molecular flexibility index (Phi) is 4.43. The van der Waals surface area contributed by atoms with Crippen molar-refractivity contribution in [2.45, 2.75) is 44.6 Å². The lowest BCUT2D eigenvalue weighted by Crippen LogP contribution is -2.30. The van der Waals surface area contributed by atoms with E-state index in [1.807, 2.05) is 25.1 Å².